The third-order valence-corrected chi connectivity index (χ3v) is 4.13. The van der Waals surface area contributed by atoms with E-state index in [9.17, 15) is 19.5 Å². The first kappa shape index (κ1) is 18.3. The van der Waals surface area contributed by atoms with Crippen molar-refractivity contribution in [1.82, 2.24) is 19.5 Å². The fraction of sp³-hybridized carbons (Fsp3) is 0.118. The number of hydrogen-bond acceptors (Lipinski definition) is 6. The van der Waals surface area contributed by atoms with E-state index in [4.69, 9.17) is 12.2 Å². The first-order valence-electron chi connectivity index (χ1n) is 7.80. The number of aryl methyl sites for hydroxylation is 2. The first-order valence-corrected chi connectivity index (χ1v) is 8.21. The van der Waals surface area contributed by atoms with Crippen molar-refractivity contribution in [2.24, 2.45) is 4.99 Å². The normalized spacial score (nSPS) is 11.2. The number of H-pyrrole nitrogens is 3. The Labute approximate surface area is 156 Å². The van der Waals surface area contributed by atoms with Crippen LogP contribution in [0, 0.1) is 18.6 Å². The lowest BCUT2D eigenvalue weighted by atomic mass is 10.1. The maximum atomic E-state index is 12.2. The first-order chi connectivity index (χ1) is 12.8. The summed E-state index contributed by atoms with van der Waals surface area (Å²) >= 11 is 5.18. The molecule has 27 heavy (non-hydrogen) atoms. The van der Waals surface area contributed by atoms with Crippen LogP contribution in [-0.2, 0) is 0 Å². The lowest BCUT2D eigenvalue weighted by Crippen LogP contribution is -2.21. The van der Waals surface area contributed by atoms with Gasteiger partial charge in [-0.1, -0.05) is 17.7 Å². The minimum atomic E-state index is -0.729. The zero-order chi connectivity index (χ0) is 19.7. The smallest absolute Gasteiger partial charge is 0.325 e. The third kappa shape index (κ3) is 3.55. The van der Waals surface area contributed by atoms with Crippen LogP contribution in [0.2, 0.25) is 0 Å². The molecular weight excluding hydrogens is 370 g/mol. The number of aromatic nitrogens is 4. The van der Waals surface area contributed by atoms with Gasteiger partial charge in [0.2, 0.25) is 5.88 Å². The molecule has 2 heterocycles. The summed E-state index contributed by atoms with van der Waals surface area (Å²) in [6.45, 7) is 3.78. The molecule has 2 aromatic heterocycles. The van der Waals surface area contributed by atoms with Crippen LogP contribution in [0.1, 0.15) is 16.7 Å². The predicted molar refractivity (Wildman–Crippen MR) is 103 cm³/mol. The number of aromatic hydroxyl groups is 1. The molecule has 3 aromatic rings. The molecule has 0 fully saturated rings. The summed E-state index contributed by atoms with van der Waals surface area (Å²) in [6.07, 6.45) is 2.13. The monoisotopic (exact) mass is 385 g/mol. The van der Waals surface area contributed by atoms with Crippen LogP contribution in [0.3, 0.4) is 0 Å². The lowest BCUT2D eigenvalue weighted by Gasteiger charge is -2.14. The van der Waals surface area contributed by atoms with Crippen LogP contribution in [-0.4, -0.2) is 30.8 Å². The van der Waals surface area contributed by atoms with Gasteiger partial charge in [0.15, 0.2) is 4.77 Å². The van der Waals surface area contributed by atoms with Gasteiger partial charge in [-0.2, -0.15) is 0 Å². The van der Waals surface area contributed by atoms with Crippen molar-refractivity contribution >= 4 is 24.1 Å². The minimum absolute atomic E-state index is 0.0171. The van der Waals surface area contributed by atoms with Gasteiger partial charge in [0.25, 0.3) is 11.1 Å². The van der Waals surface area contributed by atoms with E-state index in [1.54, 1.807) is 6.07 Å². The van der Waals surface area contributed by atoms with Gasteiger partial charge in [-0.3, -0.25) is 24.1 Å². The van der Waals surface area contributed by atoms with E-state index in [0.717, 1.165) is 23.5 Å². The van der Waals surface area contributed by atoms with Crippen molar-refractivity contribution in [2.45, 2.75) is 13.8 Å². The largest absolute Gasteiger partial charge is 0.494 e. The summed E-state index contributed by atoms with van der Waals surface area (Å²) < 4.78 is 1.33. The Morgan fingerprint density at radius 1 is 1.15 bits per heavy atom. The molecule has 9 nitrogen and oxygen atoms in total. The predicted octanol–water partition coefficient (Wildman–Crippen LogP) is 1.34. The van der Waals surface area contributed by atoms with Crippen molar-refractivity contribution in [1.29, 1.82) is 0 Å². The highest BCUT2D eigenvalue weighted by Crippen LogP contribution is 2.22. The Kier molecular flexibility index (Phi) is 4.74. The van der Waals surface area contributed by atoms with Gasteiger partial charge >= 0.3 is 5.69 Å². The summed E-state index contributed by atoms with van der Waals surface area (Å²) in [5.41, 5.74) is 0.0807. The average Bonchev–Trinajstić information content (AvgIpc) is 2.58. The number of hydrogen-bond donors (Lipinski definition) is 4. The Balaban J connectivity index is 2.19. The van der Waals surface area contributed by atoms with E-state index in [-0.39, 0.29) is 16.0 Å². The molecule has 3 rings (SSSR count). The SMILES string of the molecule is Cc1ccc(-n2c(O)c(C=Nc3c[nH]c(=O)[nH]c3=O)c(=O)[nH]c2=S)c(C)c1. The molecule has 0 bridgehead atoms. The van der Waals surface area contributed by atoms with Crippen molar-refractivity contribution in [3.05, 3.63) is 77.0 Å². The molecule has 0 atom stereocenters. The topological polar surface area (TPSA) is 136 Å². The highest BCUT2D eigenvalue weighted by Gasteiger charge is 2.14. The molecule has 0 radical (unpaired) electrons. The maximum Gasteiger partial charge on any atom is 0.325 e. The van der Waals surface area contributed by atoms with Crippen LogP contribution >= 0.6 is 12.2 Å². The van der Waals surface area contributed by atoms with E-state index < -0.39 is 22.7 Å². The van der Waals surface area contributed by atoms with Crippen LogP contribution < -0.4 is 16.8 Å². The van der Waals surface area contributed by atoms with Gasteiger partial charge in [0, 0.05) is 12.4 Å². The zero-order valence-corrected chi connectivity index (χ0v) is 15.2. The summed E-state index contributed by atoms with van der Waals surface area (Å²) in [5.74, 6) is -0.416. The van der Waals surface area contributed by atoms with E-state index in [1.165, 1.54) is 4.57 Å². The number of nitrogens with one attached hydrogen (secondary N) is 3. The number of rotatable bonds is 3. The minimum Gasteiger partial charge on any atom is -0.494 e. The van der Waals surface area contributed by atoms with Crippen molar-refractivity contribution in [3.8, 4) is 11.6 Å². The maximum absolute atomic E-state index is 12.2. The molecule has 0 saturated heterocycles. The number of aliphatic imine (C=N–C) groups is 1. The fourth-order valence-electron chi connectivity index (χ4n) is 2.57. The molecule has 1 aromatic carbocycles. The number of aromatic amines is 3. The molecule has 0 aliphatic heterocycles. The third-order valence-electron chi connectivity index (χ3n) is 3.85. The molecule has 0 spiro atoms. The van der Waals surface area contributed by atoms with Gasteiger partial charge in [0.1, 0.15) is 11.3 Å². The second-order valence-corrected chi connectivity index (χ2v) is 6.22. The molecule has 0 unspecified atom stereocenters. The summed E-state index contributed by atoms with van der Waals surface area (Å²) in [4.78, 5) is 45.6. The summed E-state index contributed by atoms with van der Waals surface area (Å²) in [7, 11) is 0. The zero-order valence-electron chi connectivity index (χ0n) is 14.4. The molecule has 10 heteroatoms. The van der Waals surface area contributed by atoms with Crippen LogP contribution in [0.15, 0.2) is 43.8 Å². The number of nitrogens with zero attached hydrogens (tertiary/aromatic N) is 2. The van der Waals surface area contributed by atoms with E-state index >= 15 is 0 Å². The Morgan fingerprint density at radius 3 is 2.56 bits per heavy atom. The average molecular weight is 385 g/mol. The molecule has 0 amide bonds. The van der Waals surface area contributed by atoms with Gasteiger partial charge in [-0.15, -0.1) is 0 Å². The summed E-state index contributed by atoms with van der Waals surface area (Å²) in [6, 6.07) is 5.53. The van der Waals surface area contributed by atoms with Gasteiger partial charge < -0.3 is 10.1 Å². The molecule has 0 saturated carbocycles. The van der Waals surface area contributed by atoms with Crippen molar-refractivity contribution in [3.63, 3.8) is 0 Å². The quantitative estimate of drug-likeness (QED) is 0.398. The van der Waals surface area contributed by atoms with E-state index in [1.807, 2.05) is 31.0 Å². The van der Waals surface area contributed by atoms with Crippen LogP contribution in [0.25, 0.3) is 5.69 Å². The van der Waals surface area contributed by atoms with Crippen LogP contribution in [0.4, 0.5) is 5.69 Å². The molecular formula is C17H15N5O4S. The Morgan fingerprint density at radius 2 is 1.89 bits per heavy atom. The molecule has 0 aliphatic carbocycles. The summed E-state index contributed by atoms with van der Waals surface area (Å²) in [5, 5.41) is 10.6. The van der Waals surface area contributed by atoms with Gasteiger partial charge in [-0.25, -0.2) is 9.79 Å². The standard InChI is InChI=1S/C17H15N5O4S/c1-8-3-4-12(9(2)5-8)22-15(25)10(13(23)21-17(22)27)6-18-11-7-19-16(26)20-14(11)24/h3-7,25H,1-2H3,(H,21,23,27)(H2,19,20,24,26). The number of benzene rings is 1. The molecule has 4 N–H and O–H groups in total. The van der Waals surface area contributed by atoms with Crippen LogP contribution in [0.5, 0.6) is 5.88 Å². The highest BCUT2D eigenvalue weighted by molar-refractivity contribution is 7.71. The fourth-order valence-corrected chi connectivity index (χ4v) is 2.84. The second kappa shape index (κ2) is 7.00. The van der Waals surface area contributed by atoms with Crippen molar-refractivity contribution < 1.29 is 5.11 Å². The Bertz CT molecular complexity index is 1300. The van der Waals surface area contributed by atoms with Crippen molar-refractivity contribution in [2.75, 3.05) is 0 Å². The van der Waals surface area contributed by atoms with E-state index in [0.29, 0.717) is 5.69 Å². The molecule has 0 aliphatic rings. The Hall–Kier alpha value is -3.53. The van der Waals surface area contributed by atoms with Gasteiger partial charge in [0.05, 0.1) is 5.69 Å². The highest BCUT2D eigenvalue weighted by atomic mass is 32.1. The molecule has 138 valence electrons. The second-order valence-electron chi connectivity index (χ2n) is 5.84. The van der Waals surface area contributed by atoms with Gasteiger partial charge in [-0.05, 0) is 37.7 Å². The lowest BCUT2D eigenvalue weighted by molar-refractivity contribution is 0.432. The van der Waals surface area contributed by atoms with E-state index in [2.05, 4.69) is 15.0 Å².